The SMILES string of the molecule is C=C(C)[C@@H]1CCC(C)(C)C[C@H]1C(=O)NCC. The molecular weight excluding hydrogens is 198 g/mol. The summed E-state index contributed by atoms with van der Waals surface area (Å²) >= 11 is 0. The van der Waals surface area contributed by atoms with Crippen molar-refractivity contribution in [2.24, 2.45) is 17.3 Å². The smallest absolute Gasteiger partial charge is 0.223 e. The zero-order valence-corrected chi connectivity index (χ0v) is 11.1. The first-order valence-electron chi connectivity index (χ1n) is 6.30. The van der Waals surface area contributed by atoms with E-state index in [4.69, 9.17) is 0 Å². The summed E-state index contributed by atoms with van der Waals surface area (Å²) in [6.45, 7) is 13.3. The molecule has 1 aliphatic rings. The van der Waals surface area contributed by atoms with Gasteiger partial charge in [-0.25, -0.2) is 0 Å². The maximum absolute atomic E-state index is 12.0. The fraction of sp³-hybridized carbons (Fsp3) is 0.786. The zero-order chi connectivity index (χ0) is 12.3. The van der Waals surface area contributed by atoms with Gasteiger partial charge in [0.1, 0.15) is 0 Å². The largest absolute Gasteiger partial charge is 0.356 e. The molecule has 2 heteroatoms. The Labute approximate surface area is 99.5 Å². The summed E-state index contributed by atoms with van der Waals surface area (Å²) in [6, 6.07) is 0. The molecular formula is C14H25NO. The van der Waals surface area contributed by atoms with E-state index in [-0.39, 0.29) is 11.8 Å². The third-order valence-electron chi connectivity index (χ3n) is 3.71. The van der Waals surface area contributed by atoms with Crippen LogP contribution in [0.3, 0.4) is 0 Å². The fourth-order valence-electron chi connectivity index (χ4n) is 2.76. The lowest BCUT2D eigenvalue weighted by Gasteiger charge is -2.40. The van der Waals surface area contributed by atoms with Crippen molar-refractivity contribution in [2.75, 3.05) is 6.54 Å². The molecule has 0 aromatic carbocycles. The average Bonchev–Trinajstić information content (AvgIpc) is 2.16. The van der Waals surface area contributed by atoms with Gasteiger partial charge in [-0.05, 0) is 44.4 Å². The second-order valence-corrected chi connectivity index (χ2v) is 5.86. The third kappa shape index (κ3) is 3.10. The van der Waals surface area contributed by atoms with Gasteiger partial charge in [0.05, 0.1) is 0 Å². The molecule has 16 heavy (non-hydrogen) atoms. The van der Waals surface area contributed by atoms with Crippen LogP contribution in [0.1, 0.15) is 47.0 Å². The van der Waals surface area contributed by atoms with Gasteiger partial charge in [0.15, 0.2) is 0 Å². The minimum absolute atomic E-state index is 0.126. The van der Waals surface area contributed by atoms with Crippen molar-refractivity contribution in [1.82, 2.24) is 5.32 Å². The Hall–Kier alpha value is -0.790. The number of allylic oxidation sites excluding steroid dienone is 1. The van der Waals surface area contributed by atoms with Crippen molar-refractivity contribution in [2.45, 2.75) is 47.0 Å². The van der Waals surface area contributed by atoms with E-state index in [2.05, 4.69) is 32.7 Å². The van der Waals surface area contributed by atoms with Crippen LogP contribution in [-0.2, 0) is 4.79 Å². The number of rotatable bonds is 3. The van der Waals surface area contributed by atoms with Gasteiger partial charge in [-0.15, -0.1) is 0 Å². The summed E-state index contributed by atoms with van der Waals surface area (Å²) in [7, 11) is 0. The molecule has 92 valence electrons. The number of carbonyl (C=O) groups is 1. The summed E-state index contributed by atoms with van der Waals surface area (Å²) in [5, 5.41) is 2.96. The molecule has 0 bridgehead atoms. The average molecular weight is 223 g/mol. The summed E-state index contributed by atoms with van der Waals surface area (Å²) in [6.07, 6.45) is 3.28. The molecule has 0 unspecified atom stereocenters. The zero-order valence-electron chi connectivity index (χ0n) is 11.1. The van der Waals surface area contributed by atoms with Gasteiger partial charge < -0.3 is 5.32 Å². The molecule has 1 aliphatic carbocycles. The molecule has 1 N–H and O–H groups in total. The Morgan fingerprint density at radius 1 is 1.44 bits per heavy atom. The fourth-order valence-corrected chi connectivity index (χ4v) is 2.76. The molecule has 2 atom stereocenters. The van der Waals surface area contributed by atoms with Crippen molar-refractivity contribution in [3.8, 4) is 0 Å². The lowest BCUT2D eigenvalue weighted by Crippen LogP contribution is -2.41. The minimum Gasteiger partial charge on any atom is -0.356 e. The molecule has 1 fully saturated rings. The first kappa shape index (κ1) is 13.3. The molecule has 0 spiro atoms. The molecule has 0 saturated heterocycles. The molecule has 1 rings (SSSR count). The lowest BCUT2D eigenvalue weighted by atomic mass is 9.65. The molecule has 2 nitrogen and oxygen atoms in total. The van der Waals surface area contributed by atoms with Gasteiger partial charge in [-0.3, -0.25) is 4.79 Å². The van der Waals surface area contributed by atoms with E-state index < -0.39 is 0 Å². The highest BCUT2D eigenvalue weighted by Gasteiger charge is 2.38. The van der Waals surface area contributed by atoms with Crippen LogP contribution in [0.15, 0.2) is 12.2 Å². The molecule has 0 aromatic rings. The lowest BCUT2D eigenvalue weighted by molar-refractivity contribution is -0.128. The van der Waals surface area contributed by atoms with E-state index in [0.29, 0.717) is 11.3 Å². The van der Waals surface area contributed by atoms with Crippen LogP contribution in [-0.4, -0.2) is 12.5 Å². The van der Waals surface area contributed by atoms with E-state index in [9.17, 15) is 4.79 Å². The normalized spacial score (nSPS) is 28.5. The van der Waals surface area contributed by atoms with E-state index in [0.717, 1.165) is 25.0 Å². The monoisotopic (exact) mass is 223 g/mol. The second-order valence-electron chi connectivity index (χ2n) is 5.86. The Morgan fingerprint density at radius 3 is 2.56 bits per heavy atom. The van der Waals surface area contributed by atoms with Crippen LogP contribution in [0.5, 0.6) is 0 Å². The van der Waals surface area contributed by atoms with Crippen molar-refractivity contribution in [1.29, 1.82) is 0 Å². The first-order valence-corrected chi connectivity index (χ1v) is 6.30. The molecule has 0 aliphatic heterocycles. The predicted octanol–water partition coefficient (Wildman–Crippen LogP) is 3.14. The first-order chi connectivity index (χ1) is 7.37. The molecule has 0 aromatic heterocycles. The van der Waals surface area contributed by atoms with Gasteiger partial charge in [0, 0.05) is 12.5 Å². The van der Waals surface area contributed by atoms with Crippen molar-refractivity contribution in [3.63, 3.8) is 0 Å². The highest BCUT2D eigenvalue weighted by atomic mass is 16.1. The van der Waals surface area contributed by atoms with Crippen LogP contribution in [0.4, 0.5) is 0 Å². The highest BCUT2D eigenvalue weighted by molar-refractivity contribution is 5.79. The standard InChI is InChI=1S/C14H25NO/c1-6-15-13(16)12-9-14(4,5)8-7-11(12)10(2)3/h11-12H,2,6-9H2,1,3-5H3,(H,15,16)/t11-,12+/m0/s1. The van der Waals surface area contributed by atoms with E-state index in [1.807, 2.05) is 6.92 Å². The van der Waals surface area contributed by atoms with Crippen LogP contribution in [0, 0.1) is 17.3 Å². The maximum atomic E-state index is 12.0. The molecule has 1 saturated carbocycles. The second kappa shape index (κ2) is 5.03. The highest BCUT2D eigenvalue weighted by Crippen LogP contribution is 2.44. The summed E-state index contributed by atoms with van der Waals surface area (Å²) in [4.78, 5) is 12.0. The number of hydrogen-bond donors (Lipinski definition) is 1. The number of amides is 1. The topological polar surface area (TPSA) is 29.1 Å². The molecule has 0 heterocycles. The van der Waals surface area contributed by atoms with E-state index in [1.54, 1.807) is 0 Å². The molecule has 0 radical (unpaired) electrons. The van der Waals surface area contributed by atoms with E-state index in [1.165, 1.54) is 6.42 Å². The van der Waals surface area contributed by atoms with Gasteiger partial charge in [-0.1, -0.05) is 26.0 Å². The summed E-state index contributed by atoms with van der Waals surface area (Å²) < 4.78 is 0. The number of carbonyl (C=O) groups excluding carboxylic acids is 1. The minimum atomic E-state index is 0.126. The van der Waals surface area contributed by atoms with Gasteiger partial charge in [-0.2, -0.15) is 0 Å². The van der Waals surface area contributed by atoms with Crippen LogP contribution in [0.25, 0.3) is 0 Å². The van der Waals surface area contributed by atoms with Crippen molar-refractivity contribution in [3.05, 3.63) is 12.2 Å². The quantitative estimate of drug-likeness (QED) is 0.732. The van der Waals surface area contributed by atoms with Crippen molar-refractivity contribution >= 4 is 5.91 Å². The van der Waals surface area contributed by atoms with Crippen molar-refractivity contribution < 1.29 is 4.79 Å². The Balaban J connectivity index is 2.79. The number of hydrogen-bond acceptors (Lipinski definition) is 1. The van der Waals surface area contributed by atoms with Gasteiger partial charge in [0.25, 0.3) is 0 Å². The van der Waals surface area contributed by atoms with Crippen LogP contribution >= 0.6 is 0 Å². The Morgan fingerprint density at radius 2 is 2.06 bits per heavy atom. The van der Waals surface area contributed by atoms with Crippen LogP contribution < -0.4 is 5.32 Å². The summed E-state index contributed by atoms with van der Waals surface area (Å²) in [5.41, 5.74) is 1.45. The number of nitrogens with one attached hydrogen (secondary N) is 1. The molecule has 1 amide bonds. The van der Waals surface area contributed by atoms with E-state index >= 15 is 0 Å². The maximum Gasteiger partial charge on any atom is 0.223 e. The van der Waals surface area contributed by atoms with Crippen LogP contribution in [0.2, 0.25) is 0 Å². The third-order valence-corrected chi connectivity index (χ3v) is 3.71. The Kier molecular flexibility index (Phi) is 4.17. The Bertz CT molecular complexity index is 280. The van der Waals surface area contributed by atoms with Gasteiger partial charge in [0.2, 0.25) is 5.91 Å². The predicted molar refractivity (Wildman–Crippen MR) is 68.1 cm³/mol. The summed E-state index contributed by atoms with van der Waals surface area (Å²) in [5.74, 6) is 0.712. The van der Waals surface area contributed by atoms with Gasteiger partial charge >= 0.3 is 0 Å².